The maximum atomic E-state index is 5.05. The van der Waals surface area contributed by atoms with Crippen LogP contribution >= 0.6 is 0 Å². The van der Waals surface area contributed by atoms with Crippen molar-refractivity contribution in [3.05, 3.63) is 0 Å². The zero-order valence-electron chi connectivity index (χ0n) is 5.53. The molecule has 0 unspecified atom stereocenters. The van der Waals surface area contributed by atoms with Gasteiger partial charge < -0.3 is 10.1 Å². The van der Waals surface area contributed by atoms with E-state index in [4.69, 9.17) is 4.74 Å². The molecule has 3 heteroatoms. The molecule has 0 aliphatic rings. The number of hydrogen-bond acceptors (Lipinski definition) is 3. The highest BCUT2D eigenvalue weighted by Gasteiger charge is 1.79. The van der Waals surface area contributed by atoms with E-state index in [1.807, 2.05) is 14.1 Å². The molecule has 0 rings (SSSR count). The summed E-state index contributed by atoms with van der Waals surface area (Å²) in [6.07, 6.45) is 0. The van der Waals surface area contributed by atoms with Crippen LogP contribution in [0.4, 0.5) is 0 Å². The minimum Gasteiger partial charge on any atom is -0.365 e. The molecule has 0 fully saturated rings. The third-order valence-corrected chi connectivity index (χ3v) is 0.743. The molecule has 2 N–H and O–H groups in total. The van der Waals surface area contributed by atoms with E-state index in [-0.39, 0.29) is 0 Å². The topological polar surface area (TPSA) is 33.3 Å². The zero-order chi connectivity index (χ0) is 6.24. The lowest BCUT2D eigenvalue weighted by Crippen LogP contribution is -2.19. The van der Waals surface area contributed by atoms with E-state index in [1.54, 1.807) is 0 Å². The van der Waals surface area contributed by atoms with E-state index < -0.39 is 0 Å². The van der Waals surface area contributed by atoms with Crippen LogP contribution in [0.5, 0.6) is 0 Å². The standard InChI is InChI=1S/C5H14N2O/c1-6-3-4-8-5-7-2/h6-7H,3-5H2,1-2H3. The summed E-state index contributed by atoms with van der Waals surface area (Å²) in [5.41, 5.74) is 0. The summed E-state index contributed by atoms with van der Waals surface area (Å²) in [7, 11) is 3.77. The monoisotopic (exact) mass is 118 g/mol. The molecule has 0 aliphatic carbocycles. The van der Waals surface area contributed by atoms with Gasteiger partial charge in [0, 0.05) is 6.54 Å². The number of rotatable bonds is 5. The average molecular weight is 118 g/mol. The molecular formula is C5H14N2O. The highest BCUT2D eigenvalue weighted by molar-refractivity contribution is 4.33. The molecule has 0 aliphatic heterocycles. The molecule has 0 atom stereocenters. The predicted octanol–water partition coefficient (Wildman–Crippen LogP) is -0.601. The first-order chi connectivity index (χ1) is 3.91. The SMILES string of the molecule is CNCCOCNC. The number of likely N-dealkylation sites (N-methyl/N-ethyl adjacent to an activating group) is 1. The first kappa shape index (κ1) is 7.88. The van der Waals surface area contributed by atoms with Gasteiger partial charge in [-0.2, -0.15) is 0 Å². The largest absolute Gasteiger partial charge is 0.365 e. The van der Waals surface area contributed by atoms with Crippen LogP contribution in [0.2, 0.25) is 0 Å². The summed E-state index contributed by atoms with van der Waals surface area (Å²) in [5.74, 6) is 0. The molecule has 50 valence electrons. The van der Waals surface area contributed by atoms with Gasteiger partial charge in [-0.15, -0.1) is 0 Å². The van der Waals surface area contributed by atoms with Crippen molar-refractivity contribution in [3.63, 3.8) is 0 Å². The Morgan fingerprint density at radius 1 is 1.25 bits per heavy atom. The van der Waals surface area contributed by atoms with E-state index in [2.05, 4.69) is 10.6 Å². The summed E-state index contributed by atoms with van der Waals surface area (Å²) in [6.45, 7) is 2.33. The van der Waals surface area contributed by atoms with Gasteiger partial charge in [0.1, 0.15) is 0 Å². The van der Waals surface area contributed by atoms with Gasteiger partial charge in [0.05, 0.1) is 13.3 Å². The number of ether oxygens (including phenoxy) is 1. The van der Waals surface area contributed by atoms with E-state index >= 15 is 0 Å². The summed E-state index contributed by atoms with van der Waals surface area (Å²) < 4.78 is 5.05. The number of nitrogens with one attached hydrogen (secondary N) is 2. The van der Waals surface area contributed by atoms with Gasteiger partial charge in [0.25, 0.3) is 0 Å². The Labute approximate surface area is 50.4 Å². The lowest BCUT2D eigenvalue weighted by molar-refractivity contribution is 0.125. The van der Waals surface area contributed by atoms with E-state index in [9.17, 15) is 0 Å². The Kier molecular flexibility index (Phi) is 6.78. The van der Waals surface area contributed by atoms with Crippen molar-refractivity contribution < 1.29 is 4.74 Å². The molecule has 0 radical (unpaired) electrons. The second kappa shape index (κ2) is 6.88. The molecule has 0 bridgehead atoms. The average Bonchev–Trinajstić information content (AvgIpc) is 1.81. The first-order valence-electron chi connectivity index (χ1n) is 2.78. The van der Waals surface area contributed by atoms with Gasteiger partial charge in [-0.05, 0) is 14.1 Å². The molecule has 0 aromatic rings. The van der Waals surface area contributed by atoms with Crippen LogP contribution in [-0.4, -0.2) is 34.0 Å². The summed E-state index contributed by atoms with van der Waals surface area (Å²) in [5, 5.41) is 5.85. The highest BCUT2D eigenvalue weighted by Crippen LogP contribution is 1.64. The lowest BCUT2D eigenvalue weighted by Gasteiger charge is -2.00. The molecule has 0 heterocycles. The lowest BCUT2D eigenvalue weighted by atomic mass is 10.7. The van der Waals surface area contributed by atoms with Crippen molar-refractivity contribution in [1.82, 2.24) is 10.6 Å². The molecule has 8 heavy (non-hydrogen) atoms. The highest BCUT2D eigenvalue weighted by atomic mass is 16.5. The maximum absolute atomic E-state index is 5.05. The summed E-state index contributed by atoms with van der Waals surface area (Å²) >= 11 is 0. The van der Waals surface area contributed by atoms with Gasteiger partial charge >= 0.3 is 0 Å². The molecule has 0 saturated carbocycles. The molecular weight excluding hydrogens is 104 g/mol. The van der Waals surface area contributed by atoms with Gasteiger partial charge in [-0.1, -0.05) is 0 Å². The summed E-state index contributed by atoms with van der Waals surface area (Å²) in [6, 6.07) is 0. The third-order valence-electron chi connectivity index (χ3n) is 0.743. The Morgan fingerprint density at radius 3 is 2.50 bits per heavy atom. The fourth-order valence-electron chi connectivity index (χ4n) is 0.348. The normalized spacial score (nSPS) is 9.75. The Hall–Kier alpha value is -0.120. The van der Waals surface area contributed by atoms with Crippen LogP contribution in [0, 0.1) is 0 Å². The van der Waals surface area contributed by atoms with E-state index in [1.165, 1.54) is 0 Å². The Bertz CT molecular complexity index is 35.4. The molecule has 0 aromatic heterocycles. The van der Waals surface area contributed by atoms with Crippen LogP contribution in [0.15, 0.2) is 0 Å². The first-order valence-corrected chi connectivity index (χ1v) is 2.78. The maximum Gasteiger partial charge on any atom is 0.0963 e. The zero-order valence-corrected chi connectivity index (χ0v) is 5.53. The van der Waals surface area contributed by atoms with Gasteiger partial charge in [-0.3, -0.25) is 5.32 Å². The van der Waals surface area contributed by atoms with Gasteiger partial charge in [0.2, 0.25) is 0 Å². The van der Waals surface area contributed by atoms with Crippen LogP contribution in [0.3, 0.4) is 0 Å². The van der Waals surface area contributed by atoms with Crippen molar-refractivity contribution in [2.75, 3.05) is 34.0 Å². The molecule has 0 spiro atoms. The van der Waals surface area contributed by atoms with Crippen LogP contribution in [0.25, 0.3) is 0 Å². The molecule has 0 amide bonds. The fraction of sp³-hybridized carbons (Fsp3) is 1.00. The second-order valence-corrected chi connectivity index (χ2v) is 1.51. The van der Waals surface area contributed by atoms with Gasteiger partial charge in [0.15, 0.2) is 0 Å². The van der Waals surface area contributed by atoms with Crippen LogP contribution < -0.4 is 10.6 Å². The van der Waals surface area contributed by atoms with Crippen molar-refractivity contribution in [1.29, 1.82) is 0 Å². The van der Waals surface area contributed by atoms with Crippen molar-refractivity contribution in [2.45, 2.75) is 0 Å². The smallest absolute Gasteiger partial charge is 0.0963 e. The second-order valence-electron chi connectivity index (χ2n) is 1.51. The molecule has 0 saturated heterocycles. The minimum atomic E-state index is 0.641. The molecule has 3 nitrogen and oxygen atoms in total. The Balaban J connectivity index is 2.53. The minimum absolute atomic E-state index is 0.641. The fourth-order valence-corrected chi connectivity index (χ4v) is 0.348. The van der Waals surface area contributed by atoms with Crippen molar-refractivity contribution >= 4 is 0 Å². The van der Waals surface area contributed by atoms with Crippen molar-refractivity contribution in [3.8, 4) is 0 Å². The van der Waals surface area contributed by atoms with Gasteiger partial charge in [-0.25, -0.2) is 0 Å². The third kappa shape index (κ3) is 5.88. The summed E-state index contributed by atoms with van der Waals surface area (Å²) in [4.78, 5) is 0. The van der Waals surface area contributed by atoms with E-state index in [0.717, 1.165) is 13.2 Å². The quantitative estimate of drug-likeness (QED) is 0.373. The van der Waals surface area contributed by atoms with E-state index in [0.29, 0.717) is 6.73 Å². The Morgan fingerprint density at radius 2 is 2.00 bits per heavy atom. The van der Waals surface area contributed by atoms with Crippen LogP contribution in [-0.2, 0) is 4.74 Å². The van der Waals surface area contributed by atoms with Crippen LogP contribution in [0.1, 0.15) is 0 Å². The number of hydrogen-bond donors (Lipinski definition) is 2. The molecule has 0 aromatic carbocycles. The van der Waals surface area contributed by atoms with Crippen molar-refractivity contribution in [2.24, 2.45) is 0 Å². The predicted molar refractivity (Wildman–Crippen MR) is 33.8 cm³/mol.